The van der Waals surface area contributed by atoms with E-state index >= 15 is 0 Å². The lowest BCUT2D eigenvalue weighted by Crippen LogP contribution is -2.37. The van der Waals surface area contributed by atoms with Crippen molar-refractivity contribution in [2.45, 2.75) is 46.4 Å². The molecule has 1 aromatic carbocycles. The third kappa shape index (κ3) is 7.67. The second kappa shape index (κ2) is 12.2. The van der Waals surface area contributed by atoms with Gasteiger partial charge in [0.05, 0.1) is 6.54 Å². The first-order chi connectivity index (χ1) is 14.4. The number of alkyl halides is 2. The van der Waals surface area contributed by atoms with E-state index < -0.39 is 6.61 Å². The second-order valence-corrected chi connectivity index (χ2v) is 7.05. The number of hydrogen-bond donors (Lipinski definition) is 2. The molecule has 164 valence electrons. The minimum absolute atomic E-state index is 0.00111. The lowest BCUT2D eigenvalue weighted by molar-refractivity contribution is -0.0504. The molecule has 0 amide bonds. The highest BCUT2D eigenvalue weighted by Gasteiger charge is 2.10. The molecule has 0 fully saturated rings. The summed E-state index contributed by atoms with van der Waals surface area (Å²) >= 11 is 5.97. The van der Waals surface area contributed by atoms with Crippen molar-refractivity contribution in [2.75, 3.05) is 13.1 Å². The summed E-state index contributed by atoms with van der Waals surface area (Å²) in [6.45, 7) is 3.03. The van der Waals surface area contributed by atoms with Crippen LogP contribution < -0.4 is 20.9 Å². The first-order valence-electron chi connectivity index (χ1n) is 9.82. The second-order valence-electron chi connectivity index (χ2n) is 6.62. The van der Waals surface area contributed by atoms with Crippen molar-refractivity contribution in [1.29, 1.82) is 0 Å². The number of unbranched alkanes of at least 4 members (excludes halogenated alkanes) is 1. The number of halogens is 3. The van der Waals surface area contributed by atoms with Crippen molar-refractivity contribution in [2.24, 2.45) is 4.99 Å². The Morgan fingerprint density at radius 1 is 1.23 bits per heavy atom. The third-order valence-corrected chi connectivity index (χ3v) is 4.59. The minimum atomic E-state index is -2.92. The molecule has 0 aliphatic heterocycles. The molecule has 1 heterocycles. The van der Waals surface area contributed by atoms with Gasteiger partial charge in [0, 0.05) is 42.0 Å². The van der Waals surface area contributed by atoms with Gasteiger partial charge in [-0.25, -0.2) is 4.99 Å². The Hall–Kier alpha value is -2.61. The Morgan fingerprint density at radius 3 is 2.73 bits per heavy atom. The lowest BCUT2D eigenvalue weighted by Gasteiger charge is -2.13. The van der Waals surface area contributed by atoms with Gasteiger partial charge in [0.1, 0.15) is 5.75 Å². The molecule has 0 aliphatic carbocycles. The molecule has 0 radical (unpaired) electrons. The topological polar surface area (TPSA) is 67.7 Å². The van der Waals surface area contributed by atoms with Crippen LogP contribution in [0.15, 0.2) is 46.2 Å². The third-order valence-electron chi connectivity index (χ3n) is 4.36. The highest BCUT2D eigenvalue weighted by atomic mass is 35.5. The molecular formula is C21H27ClF2N4O2. The zero-order valence-corrected chi connectivity index (χ0v) is 17.9. The number of hydrogen-bond acceptors (Lipinski definition) is 3. The molecule has 0 unspecified atom stereocenters. The van der Waals surface area contributed by atoms with Crippen LogP contribution in [-0.4, -0.2) is 30.2 Å². The van der Waals surface area contributed by atoms with Crippen LogP contribution in [0.1, 0.15) is 31.0 Å². The van der Waals surface area contributed by atoms with E-state index in [4.69, 9.17) is 11.6 Å². The van der Waals surface area contributed by atoms with Crippen LogP contribution in [0.3, 0.4) is 0 Å². The average molecular weight is 441 g/mol. The van der Waals surface area contributed by atoms with Crippen molar-refractivity contribution in [1.82, 2.24) is 15.2 Å². The predicted molar refractivity (Wildman–Crippen MR) is 116 cm³/mol. The monoisotopic (exact) mass is 440 g/mol. The summed E-state index contributed by atoms with van der Waals surface area (Å²) < 4.78 is 31.5. The van der Waals surface area contributed by atoms with Gasteiger partial charge in [-0.15, -0.1) is 0 Å². The number of guanidine groups is 1. The van der Waals surface area contributed by atoms with Crippen LogP contribution in [0.4, 0.5) is 8.78 Å². The van der Waals surface area contributed by atoms with E-state index in [2.05, 4.69) is 20.4 Å². The van der Waals surface area contributed by atoms with E-state index in [0.29, 0.717) is 36.2 Å². The van der Waals surface area contributed by atoms with Gasteiger partial charge in [0.25, 0.3) is 5.56 Å². The quantitative estimate of drug-likeness (QED) is 0.333. The van der Waals surface area contributed by atoms with E-state index in [-0.39, 0.29) is 17.9 Å². The number of pyridine rings is 1. The van der Waals surface area contributed by atoms with Gasteiger partial charge in [0.2, 0.25) is 0 Å². The summed E-state index contributed by atoms with van der Waals surface area (Å²) in [5.74, 6) is 0.617. The van der Waals surface area contributed by atoms with Crippen LogP contribution in [0.5, 0.6) is 5.75 Å². The summed E-state index contributed by atoms with van der Waals surface area (Å²) in [6, 6.07) is 9.70. The van der Waals surface area contributed by atoms with Gasteiger partial charge in [0.15, 0.2) is 5.96 Å². The normalized spacial score (nSPS) is 11.6. The Bertz CT molecular complexity index is 903. The van der Waals surface area contributed by atoms with Crippen molar-refractivity contribution in [3.63, 3.8) is 0 Å². The molecule has 2 aromatic rings. The number of ether oxygens (including phenoxy) is 1. The lowest BCUT2D eigenvalue weighted by atomic mass is 10.2. The Labute approximate surface area is 179 Å². The standard InChI is InChI=1S/C21H27ClF2N4O2/c1-3-25-21(26-11-4-5-12-28-15(2)7-6-8-19(28)29)27-14-16-13-17(22)9-10-18(16)30-20(23)24/h6-10,13,20H,3-5,11-12,14H2,1-2H3,(H2,25,26,27). The van der Waals surface area contributed by atoms with Crippen LogP contribution in [-0.2, 0) is 13.1 Å². The number of rotatable bonds is 10. The molecule has 0 atom stereocenters. The van der Waals surface area contributed by atoms with Gasteiger partial charge < -0.3 is 19.9 Å². The van der Waals surface area contributed by atoms with Gasteiger partial charge >= 0.3 is 6.61 Å². The predicted octanol–water partition coefficient (Wildman–Crippen LogP) is 3.95. The molecule has 2 N–H and O–H groups in total. The van der Waals surface area contributed by atoms with E-state index in [0.717, 1.165) is 18.5 Å². The summed E-state index contributed by atoms with van der Waals surface area (Å²) in [6.07, 6.45) is 1.67. The zero-order valence-electron chi connectivity index (χ0n) is 17.1. The summed E-state index contributed by atoms with van der Waals surface area (Å²) in [5.41, 5.74) is 1.41. The molecule has 0 saturated heterocycles. The zero-order chi connectivity index (χ0) is 21.9. The molecule has 9 heteroatoms. The van der Waals surface area contributed by atoms with Gasteiger partial charge in [-0.05, 0) is 51.0 Å². The largest absolute Gasteiger partial charge is 0.434 e. The van der Waals surface area contributed by atoms with Crippen LogP contribution >= 0.6 is 11.6 Å². The average Bonchev–Trinajstić information content (AvgIpc) is 2.69. The van der Waals surface area contributed by atoms with Gasteiger partial charge in [-0.3, -0.25) is 4.79 Å². The molecule has 2 rings (SSSR count). The first kappa shape index (κ1) is 23.7. The summed E-state index contributed by atoms with van der Waals surface area (Å²) in [4.78, 5) is 16.3. The minimum Gasteiger partial charge on any atom is -0.434 e. The number of aliphatic imine (C=N–C) groups is 1. The van der Waals surface area contributed by atoms with Gasteiger partial charge in [-0.2, -0.15) is 8.78 Å². The number of nitrogens with zero attached hydrogens (tertiary/aromatic N) is 2. The highest BCUT2D eigenvalue weighted by molar-refractivity contribution is 6.30. The molecular weight excluding hydrogens is 414 g/mol. The maximum atomic E-state index is 12.6. The van der Waals surface area contributed by atoms with Gasteiger partial charge in [-0.1, -0.05) is 17.7 Å². The molecule has 0 aliphatic rings. The molecule has 30 heavy (non-hydrogen) atoms. The SMILES string of the molecule is CCNC(=NCc1cc(Cl)ccc1OC(F)F)NCCCCn1c(C)cccc1=O. The molecule has 0 saturated carbocycles. The molecule has 0 bridgehead atoms. The summed E-state index contributed by atoms with van der Waals surface area (Å²) in [7, 11) is 0. The van der Waals surface area contributed by atoms with Crippen molar-refractivity contribution < 1.29 is 13.5 Å². The number of aryl methyl sites for hydroxylation is 1. The Kier molecular flexibility index (Phi) is 9.60. The van der Waals surface area contributed by atoms with E-state index in [1.54, 1.807) is 22.8 Å². The van der Waals surface area contributed by atoms with E-state index in [1.807, 2.05) is 19.9 Å². The number of benzene rings is 1. The molecule has 6 nitrogen and oxygen atoms in total. The van der Waals surface area contributed by atoms with Crippen molar-refractivity contribution in [3.8, 4) is 5.75 Å². The fourth-order valence-electron chi connectivity index (χ4n) is 2.90. The number of aromatic nitrogens is 1. The summed E-state index contributed by atoms with van der Waals surface area (Å²) in [5, 5.41) is 6.75. The maximum Gasteiger partial charge on any atom is 0.387 e. The Morgan fingerprint density at radius 2 is 2.03 bits per heavy atom. The van der Waals surface area contributed by atoms with E-state index in [1.165, 1.54) is 12.1 Å². The smallest absolute Gasteiger partial charge is 0.387 e. The highest BCUT2D eigenvalue weighted by Crippen LogP contribution is 2.25. The van der Waals surface area contributed by atoms with Crippen molar-refractivity contribution in [3.05, 3.63) is 63.0 Å². The van der Waals surface area contributed by atoms with E-state index in [9.17, 15) is 13.6 Å². The Balaban J connectivity index is 1.90. The maximum absolute atomic E-state index is 12.6. The molecule has 0 spiro atoms. The van der Waals surface area contributed by atoms with Crippen LogP contribution in [0.25, 0.3) is 0 Å². The van der Waals surface area contributed by atoms with Crippen molar-refractivity contribution >= 4 is 17.6 Å². The molecule has 1 aromatic heterocycles. The van der Waals surface area contributed by atoms with Crippen LogP contribution in [0, 0.1) is 6.92 Å². The number of nitrogens with one attached hydrogen (secondary N) is 2. The fourth-order valence-corrected chi connectivity index (χ4v) is 3.09. The fraction of sp³-hybridized carbons (Fsp3) is 0.429. The first-order valence-corrected chi connectivity index (χ1v) is 10.2. The van der Waals surface area contributed by atoms with Crippen LogP contribution in [0.2, 0.25) is 5.02 Å².